The van der Waals surface area contributed by atoms with Gasteiger partial charge in [0.15, 0.2) is 11.5 Å². The van der Waals surface area contributed by atoms with Crippen LogP contribution in [0.2, 0.25) is 10.0 Å². The second-order valence-electron chi connectivity index (χ2n) is 7.03. The molecule has 1 aliphatic heterocycles. The highest BCUT2D eigenvalue weighted by molar-refractivity contribution is 9.10. The summed E-state index contributed by atoms with van der Waals surface area (Å²) >= 11 is 15.6. The van der Waals surface area contributed by atoms with Crippen LogP contribution in [0.4, 0.5) is 5.95 Å². The van der Waals surface area contributed by atoms with Crippen LogP contribution in [0.5, 0.6) is 11.5 Å². The first kappa shape index (κ1) is 22.4. The topological polar surface area (TPSA) is 104 Å². The minimum Gasteiger partial charge on any atom is -0.493 e. The predicted molar refractivity (Wildman–Crippen MR) is 125 cm³/mol. The van der Waals surface area contributed by atoms with Gasteiger partial charge in [-0.25, -0.2) is 4.68 Å². The van der Waals surface area contributed by atoms with Crippen LogP contribution in [0.3, 0.4) is 0 Å². The normalized spacial score (nSPS) is 15.2. The van der Waals surface area contributed by atoms with E-state index in [1.54, 1.807) is 29.8 Å². The molecule has 1 atom stereocenters. The monoisotopic (exact) mass is 537 g/mol. The highest BCUT2D eigenvalue weighted by Gasteiger charge is 2.33. The summed E-state index contributed by atoms with van der Waals surface area (Å²) in [5.74, 6) is 0.913. The van der Waals surface area contributed by atoms with Crippen molar-refractivity contribution < 1.29 is 14.3 Å². The van der Waals surface area contributed by atoms with Crippen LogP contribution in [0.25, 0.3) is 0 Å². The van der Waals surface area contributed by atoms with Gasteiger partial charge in [-0.05, 0) is 58.2 Å². The zero-order valence-corrected chi connectivity index (χ0v) is 20.1. The van der Waals surface area contributed by atoms with Gasteiger partial charge in [0.05, 0.1) is 27.2 Å². The average Bonchev–Trinajstić information content (AvgIpc) is 3.21. The van der Waals surface area contributed by atoms with Crippen LogP contribution in [0.1, 0.15) is 24.1 Å². The van der Waals surface area contributed by atoms with Crippen LogP contribution in [0.15, 0.2) is 52.4 Å². The fraction of sp³-hybridized carbons (Fsp3) is 0.190. The molecule has 0 fully saturated rings. The maximum absolute atomic E-state index is 12.3. The number of nitrogens with one attached hydrogen (secondary N) is 1. The second kappa shape index (κ2) is 9.01. The molecule has 11 heteroatoms. The minimum absolute atomic E-state index is 0.247. The number of hydrogen-bond acceptors (Lipinski definition) is 6. The van der Waals surface area contributed by atoms with Crippen molar-refractivity contribution in [3.63, 3.8) is 0 Å². The molecule has 166 valence electrons. The second-order valence-corrected chi connectivity index (χ2v) is 8.70. The first-order chi connectivity index (χ1) is 15.3. The van der Waals surface area contributed by atoms with Gasteiger partial charge < -0.3 is 20.5 Å². The Balaban J connectivity index is 1.72. The van der Waals surface area contributed by atoms with Crippen molar-refractivity contribution >= 4 is 51.0 Å². The Morgan fingerprint density at radius 2 is 2.06 bits per heavy atom. The van der Waals surface area contributed by atoms with Gasteiger partial charge in [0.1, 0.15) is 19.0 Å². The molecular formula is C21H18BrCl2N5O3. The average molecular weight is 539 g/mol. The first-order valence-corrected chi connectivity index (χ1v) is 11.0. The summed E-state index contributed by atoms with van der Waals surface area (Å²) in [6.45, 7) is 2.02. The molecule has 0 spiro atoms. The molecule has 1 aliphatic rings. The van der Waals surface area contributed by atoms with Crippen molar-refractivity contribution in [1.29, 1.82) is 0 Å². The number of rotatable bonds is 6. The number of methoxy groups -OCH3 is 1. The summed E-state index contributed by atoms with van der Waals surface area (Å²) in [5, 5.41) is 8.25. The molecule has 4 rings (SSSR count). The minimum atomic E-state index is -0.583. The lowest BCUT2D eigenvalue weighted by Crippen LogP contribution is -2.31. The van der Waals surface area contributed by atoms with Crippen molar-refractivity contribution in [2.45, 2.75) is 19.6 Å². The number of carbonyl (C=O) groups excluding carboxylic acids is 1. The SMILES string of the molecule is COc1cc(C2C(C(N)=O)=C(C)Nc3ncnn32)cc(Br)c1OCc1ccc(Cl)c(Cl)c1. The molecule has 0 saturated carbocycles. The van der Waals surface area contributed by atoms with Crippen molar-refractivity contribution in [2.75, 3.05) is 12.4 Å². The summed E-state index contributed by atoms with van der Waals surface area (Å²) in [6.07, 6.45) is 1.41. The Morgan fingerprint density at radius 3 is 2.75 bits per heavy atom. The zero-order valence-electron chi connectivity index (χ0n) is 17.0. The quantitative estimate of drug-likeness (QED) is 0.471. The number of halogens is 3. The molecule has 0 saturated heterocycles. The molecule has 8 nitrogen and oxygen atoms in total. The highest BCUT2D eigenvalue weighted by Crippen LogP contribution is 2.42. The van der Waals surface area contributed by atoms with E-state index in [0.29, 0.717) is 43.2 Å². The number of ether oxygens (including phenoxy) is 2. The Kier molecular flexibility index (Phi) is 6.32. The number of aromatic nitrogens is 3. The van der Waals surface area contributed by atoms with Crippen LogP contribution in [0, 0.1) is 0 Å². The number of amides is 1. The van der Waals surface area contributed by atoms with Crippen LogP contribution >= 0.6 is 39.1 Å². The van der Waals surface area contributed by atoms with E-state index >= 15 is 0 Å². The van der Waals surface area contributed by atoms with Crippen molar-refractivity contribution in [1.82, 2.24) is 14.8 Å². The molecule has 1 amide bonds. The fourth-order valence-corrected chi connectivity index (χ4v) is 4.44. The Hall–Kier alpha value is -2.75. The number of anilines is 1. The van der Waals surface area contributed by atoms with Gasteiger partial charge in [-0.3, -0.25) is 4.79 Å². The van der Waals surface area contributed by atoms with E-state index < -0.39 is 11.9 Å². The molecule has 0 radical (unpaired) electrons. The van der Waals surface area contributed by atoms with E-state index in [-0.39, 0.29) is 6.61 Å². The molecule has 0 aliphatic carbocycles. The van der Waals surface area contributed by atoms with Gasteiger partial charge in [-0.15, -0.1) is 0 Å². The molecule has 3 aromatic rings. The third-order valence-corrected chi connectivity index (χ3v) is 6.32. The van der Waals surface area contributed by atoms with Gasteiger partial charge in [0.25, 0.3) is 0 Å². The van der Waals surface area contributed by atoms with Crippen molar-refractivity contribution in [2.24, 2.45) is 5.73 Å². The van der Waals surface area contributed by atoms with E-state index in [1.165, 1.54) is 13.4 Å². The number of benzene rings is 2. The Morgan fingerprint density at radius 1 is 1.28 bits per heavy atom. The molecule has 0 bridgehead atoms. The van der Waals surface area contributed by atoms with Gasteiger partial charge in [0.2, 0.25) is 11.9 Å². The van der Waals surface area contributed by atoms with Crippen molar-refractivity contribution in [3.8, 4) is 11.5 Å². The van der Waals surface area contributed by atoms with E-state index in [0.717, 1.165) is 11.1 Å². The molecule has 3 N–H and O–H groups in total. The van der Waals surface area contributed by atoms with Crippen LogP contribution in [-0.4, -0.2) is 27.8 Å². The lowest BCUT2D eigenvalue weighted by atomic mass is 9.95. The summed E-state index contributed by atoms with van der Waals surface area (Å²) in [7, 11) is 1.54. The summed E-state index contributed by atoms with van der Waals surface area (Å²) in [5.41, 5.74) is 8.25. The van der Waals surface area contributed by atoms with Gasteiger partial charge in [0, 0.05) is 5.70 Å². The lowest BCUT2D eigenvalue weighted by molar-refractivity contribution is -0.115. The maximum Gasteiger partial charge on any atom is 0.248 e. The van der Waals surface area contributed by atoms with Gasteiger partial charge in [-0.1, -0.05) is 29.3 Å². The molecule has 1 unspecified atom stereocenters. The Bertz CT molecular complexity index is 1240. The van der Waals surface area contributed by atoms with E-state index in [9.17, 15) is 4.79 Å². The van der Waals surface area contributed by atoms with E-state index in [4.69, 9.17) is 38.4 Å². The summed E-state index contributed by atoms with van der Waals surface area (Å²) in [6, 6.07) is 8.33. The summed E-state index contributed by atoms with van der Waals surface area (Å²) < 4.78 is 13.8. The molecule has 32 heavy (non-hydrogen) atoms. The largest absolute Gasteiger partial charge is 0.493 e. The Labute approximate surface area is 202 Å². The number of primary amides is 1. The smallest absolute Gasteiger partial charge is 0.248 e. The van der Waals surface area contributed by atoms with Gasteiger partial charge >= 0.3 is 0 Å². The zero-order chi connectivity index (χ0) is 23.0. The molecule has 2 heterocycles. The third kappa shape index (κ3) is 4.15. The standard InChI is InChI=1S/C21H18BrCl2N5O3/c1-10-17(20(25)30)18(29-21(28-10)26-9-27-29)12-6-13(22)19(16(7-12)31-2)32-8-11-3-4-14(23)15(24)5-11/h3-7,9,18H,8H2,1-2H3,(H2,25,30)(H,26,27,28). The number of carbonyl (C=O) groups is 1. The fourth-order valence-electron chi connectivity index (χ4n) is 3.54. The predicted octanol–water partition coefficient (Wildman–Crippen LogP) is 4.71. The summed E-state index contributed by atoms with van der Waals surface area (Å²) in [4.78, 5) is 16.5. The van der Waals surface area contributed by atoms with Crippen molar-refractivity contribution in [3.05, 3.63) is 73.6 Å². The number of allylic oxidation sites excluding steroid dienone is 1. The van der Waals surface area contributed by atoms with E-state index in [2.05, 4.69) is 31.3 Å². The number of nitrogens with zero attached hydrogens (tertiary/aromatic N) is 3. The van der Waals surface area contributed by atoms with E-state index in [1.807, 2.05) is 12.1 Å². The van der Waals surface area contributed by atoms with Gasteiger partial charge in [-0.2, -0.15) is 10.1 Å². The molecule has 2 aromatic carbocycles. The van der Waals surface area contributed by atoms with Crippen LogP contribution in [-0.2, 0) is 11.4 Å². The number of fused-ring (bicyclic) bond motifs is 1. The van der Waals surface area contributed by atoms with Crippen LogP contribution < -0.4 is 20.5 Å². The molecular weight excluding hydrogens is 521 g/mol. The maximum atomic E-state index is 12.3. The lowest BCUT2D eigenvalue weighted by Gasteiger charge is -2.28. The number of nitrogens with two attached hydrogens (primary N) is 1. The third-order valence-electron chi connectivity index (χ3n) is 4.99. The highest BCUT2D eigenvalue weighted by atomic mass is 79.9. The first-order valence-electron chi connectivity index (χ1n) is 9.41. The molecule has 1 aromatic heterocycles. The number of hydrogen-bond donors (Lipinski definition) is 2.